The fourth-order valence-electron chi connectivity index (χ4n) is 2.83. The number of carbonyl (C=O) groups is 1. The highest BCUT2D eigenvalue weighted by atomic mass is 16.5. The summed E-state index contributed by atoms with van der Waals surface area (Å²) in [6.45, 7) is 3.50. The third-order valence-electron chi connectivity index (χ3n) is 3.99. The zero-order valence-electron chi connectivity index (χ0n) is 12.2. The van der Waals surface area contributed by atoms with Gasteiger partial charge < -0.3 is 15.4 Å². The molecule has 0 radical (unpaired) electrons. The average molecular weight is 284 g/mol. The number of carbonyl (C=O) groups excluding carboxylic acids is 1. The molecule has 21 heavy (non-hydrogen) atoms. The van der Waals surface area contributed by atoms with E-state index in [1.165, 1.54) is 0 Å². The predicted molar refractivity (Wildman–Crippen MR) is 84.3 cm³/mol. The van der Waals surface area contributed by atoms with E-state index in [2.05, 4.69) is 0 Å². The average Bonchev–Trinajstić information content (AvgIpc) is 3.04. The molecule has 2 aromatic carbocycles. The SMILES string of the molecule is CC(Oc1ccc(N)c2ccccc12)C(=O)N1CCCC1. The quantitative estimate of drug-likeness (QED) is 0.882. The number of anilines is 1. The number of likely N-dealkylation sites (tertiary alicyclic amines) is 1. The molecule has 1 fully saturated rings. The van der Waals surface area contributed by atoms with E-state index >= 15 is 0 Å². The highest BCUT2D eigenvalue weighted by Crippen LogP contribution is 2.30. The number of rotatable bonds is 3. The molecule has 1 unspecified atom stereocenters. The highest BCUT2D eigenvalue weighted by Gasteiger charge is 2.24. The lowest BCUT2D eigenvalue weighted by Crippen LogP contribution is -2.38. The minimum Gasteiger partial charge on any atom is -0.480 e. The maximum absolute atomic E-state index is 12.3. The fraction of sp³-hybridized carbons (Fsp3) is 0.353. The summed E-state index contributed by atoms with van der Waals surface area (Å²) in [4.78, 5) is 14.2. The Morgan fingerprint density at radius 3 is 2.52 bits per heavy atom. The Kier molecular flexibility index (Phi) is 3.69. The van der Waals surface area contributed by atoms with E-state index in [0.29, 0.717) is 5.75 Å². The van der Waals surface area contributed by atoms with Crippen LogP contribution in [0.3, 0.4) is 0 Å². The first-order valence-electron chi connectivity index (χ1n) is 7.39. The van der Waals surface area contributed by atoms with Gasteiger partial charge in [-0.15, -0.1) is 0 Å². The van der Waals surface area contributed by atoms with Crippen molar-refractivity contribution in [1.82, 2.24) is 4.90 Å². The zero-order chi connectivity index (χ0) is 14.8. The molecule has 1 aliphatic heterocycles. The van der Waals surface area contributed by atoms with Crippen LogP contribution in [0.2, 0.25) is 0 Å². The van der Waals surface area contributed by atoms with Crippen molar-refractivity contribution >= 4 is 22.4 Å². The molecule has 1 saturated heterocycles. The smallest absolute Gasteiger partial charge is 0.263 e. The number of hydrogen-bond donors (Lipinski definition) is 1. The van der Waals surface area contributed by atoms with Crippen LogP contribution in [-0.4, -0.2) is 30.0 Å². The summed E-state index contributed by atoms with van der Waals surface area (Å²) < 4.78 is 5.91. The second-order valence-corrected chi connectivity index (χ2v) is 5.49. The number of hydrogen-bond acceptors (Lipinski definition) is 3. The Hall–Kier alpha value is -2.23. The third kappa shape index (κ3) is 2.66. The van der Waals surface area contributed by atoms with Crippen LogP contribution in [0.1, 0.15) is 19.8 Å². The minimum absolute atomic E-state index is 0.0633. The number of benzene rings is 2. The Morgan fingerprint density at radius 1 is 1.14 bits per heavy atom. The third-order valence-corrected chi connectivity index (χ3v) is 3.99. The van der Waals surface area contributed by atoms with Gasteiger partial charge in [-0.25, -0.2) is 0 Å². The van der Waals surface area contributed by atoms with E-state index < -0.39 is 6.10 Å². The van der Waals surface area contributed by atoms with Crippen LogP contribution in [-0.2, 0) is 4.79 Å². The standard InChI is InChI=1S/C17H20N2O2/c1-12(17(20)19-10-4-5-11-19)21-16-9-8-15(18)13-6-2-3-7-14(13)16/h2-3,6-9,12H,4-5,10-11,18H2,1H3. The lowest BCUT2D eigenvalue weighted by atomic mass is 10.1. The monoisotopic (exact) mass is 284 g/mol. The van der Waals surface area contributed by atoms with Gasteiger partial charge in [0.2, 0.25) is 0 Å². The first-order chi connectivity index (χ1) is 10.2. The van der Waals surface area contributed by atoms with Crippen LogP contribution < -0.4 is 10.5 Å². The molecule has 3 rings (SSSR count). The second-order valence-electron chi connectivity index (χ2n) is 5.49. The Labute approximate surface area is 124 Å². The molecule has 0 saturated carbocycles. The van der Waals surface area contributed by atoms with Gasteiger partial charge >= 0.3 is 0 Å². The molecule has 2 aromatic rings. The van der Waals surface area contributed by atoms with E-state index in [-0.39, 0.29) is 5.91 Å². The van der Waals surface area contributed by atoms with Crippen molar-refractivity contribution in [3.8, 4) is 5.75 Å². The summed E-state index contributed by atoms with van der Waals surface area (Å²) in [5.41, 5.74) is 6.70. The Morgan fingerprint density at radius 2 is 1.81 bits per heavy atom. The first-order valence-corrected chi connectivity index (χ1v) is 7.39. The largest absolute Gasteiger partial charge is 0.480 e. The molecule has 0 aromatic heterocycles. The summed E-state index contributed by atoms with van der Waals surface area (Å²) in [5, 5.41) is 1.90. The Balaban J connectivity index is 1.84. The lowest BCUT2D eigenvalue weighted by molar-refractivity contribution is -0.136. The van der Waals surface area contributed by atoms with Gasteiger partial charge in [0.1, 0.15) is 5.75 Å². The molecule has 1 atom stereocenters. The molecule has 0 aliphatic carbocycles. The topological polar surface area (TPSA) is 55.6 Å². The van der Waals surface area contributed by atoms with E-state index in [1.54, 1.807) is 0 Å². The van der Waals surface area contributed by atoms with Crippen molar-refractivity contribution in [1.29, 1.82) is 0 Å². The van der Waals surface area contributed by atoms with Gasteiger partial charge in [-0.2, -0.15) is 0 Å². The van der Waals surface area contributed by atoms with Gasteiger partial charge in [-0.3, -0.25) is 4.79 Å². The van der Waals surface area contributed by atoms with E-state index in [0.717, 1.165) is 42.4 Å². The number of fused-ring (bicyclic) bond motifs is 1. The predicted octanol–water partition coefficient (Wildman–Crippen LogP) is 2.81. The van der Waals surface area contributed by atoms with Gasteiger partial charge in [0.15, 0.2) is 6.10 Å². The van der Waals surface area contributed by atoms with Crippen molar-refractivity contribution in [2.45, 2.75) is 25.9 Å². The molecule has 0 bridgehead atoms. The highest BCUT2D eigenvalue weighted by molar-refractivity contribution is 5.97. The summed E-state index contributed by atoms with van der Waals surface area (Å²) in [6.07, 6.45) is 1.70. The molecule has 1 aliphatic rings. The molecular formula is C17H20N2O2. The van der Waals surface area contributed by atoms with Crippen LogP contribution in [0.15, 0.2) is 36.4 Å². The van der Waals surface area contributed by atoms with Crippen LogP contribution >= 0.6 is 0 Å². The number of nitrogen functional groups attached to an aromatic ring is 1. The second kappa shape index (κ2) is 5.64. The van der Waals surface area contributed by atoms with Crippen LogP contribution in [0, 0.1) is 0 Å². The minimum atomic E-state index is -0.477. The summed E-state index contributed by atoms with van der Waals surface area (Å²) in [5.74, 6) is 0.772. The van der Waals surface area contributed by atoms with Crippen molar-refractivity contribution in [3.63, 3.8) is 0 Å². The molecule has 4 nitrogen and oxygen atoms in total. The molecular weight excluding hydrogens is 264 g/mol. The van der Waals surface area contributed by atoms with Crippen LogP contribution in [0.4, 0.5) is 5.69 Å². The zero-order valence-corrected chi connectivity index (χ0v) is 12.2. The fourth-order valence-corrected chi connectivity index (χ4v) is 2.83. The molecule has 1 amide bonds. The number of ether oxygens (including phenoxy) is 1. The van der Waals surface area contributed by atoms with Gasteiger partial charge in [-0.1, -0.05) is 24.3 Å². The molecule has 4 heteroatoms. The lowest BCUT2D eigenvalue weighted by Gasteiger charge is -2.22. The Bertz CT molecular complexity index is 663. The van der Waals surface area contributed by atoms with Crippen molar-refractivity contribution in [2.75, 3.05) is 18.8 Å². The molecule has 0 spiro atoms. The van der Waals surface area contributed by atoms with E-state index in [4.69, 9.17) is 10.5 Å². The summed E-state index contributed by atoms with van der Waals surface area (Å²) in [6, 6.07) is 11.5. The van der Waals surface area contributed by atoms with Crippen molar-refractivity contribution in [2.24, 2.45) is 0 Å². The van der Waals surface area contributed by atoms with E-state index in [9.17, 15) is 4.79 Å². The van der Waals surface area contributed by atoms with Crippen molar-refractivity contribution in [3.05, 3.63) is 36.4 Å². The number of nitrogens with two attached hydrogens (primary N) is 1. The van der Waals surface area contributed by atoms with Gasteiger partial charge in [-0.05, 0) is 31.9 Å². The number of amides is 1. The maximum Gasteiger partial charge on any atom is 0.263 e. The maximum atomic E-state index is 12.3. The van der Waals surface area contributed by atoms with Crippen LogP contribution in [0.25, 0.3) is 10.8 Å². The van der Waals surface area contributed by atoms with Crippen molar-refractivity contribution < 1.29 is 9.53 Å². The summed E-state index contributed by atoms with van der Waals surface area (Å²) >= 11 is 0. The normalized spacial score (nSPS) is 16.1. The molecule has 1 heterocycles. The van der Waals surface area contributed by atoms with Crippen LogP contribution in [0.5, 0.6) is 5.75 Å². The number of nitrogens with zero attached hydrogens (tertiary/aromatic N) is 1. The summed E-state index contributed by atoms with van der Waals surface area (Å²) in [7, 11) is 0. The van der Waals surface area contributed by atoms with Gasteiger partial charge in [0, 0.05) is 29.5 Å². The van der Waals surface area contributed by atoms with Gasteiger partial charge in [0.05, 0.1) is 0 Å². The van der Waals surface area contributed by atoms with E-state index in [1.807, 2.05) is 48.2 Å². The molecule has 110 valence electrons. The first kappa shape index (κ1) is 13.7. The molecule has 2 N–H and O–H groups in total. The van der Waals surface area contributed by atoms with Gasteiger partial charge in [0.25, 0.3) is 5.91 Å².